The van der Waals surface area contributed by atoms with Gasteiger partial charge in [-0.2, -0.15) is 0 Å². The van der Waals surface area contributed by atoms with Gasteiger partial charge in [-0.05, 0) is 43.9 Å². The maximum Gasteiger partial charge on any atom is 0.239 e. The molecule has 2 saturated heterocycles. The Bertz CT molecular complexity index is 529. The molecule has 1 amide bonds. The lowest BCUT2D eigenvalue weighted by molar-refractivity contribution is -0.135. The predicted molar refractivity (Wildman–Crippen MR) is 96.7 cm³/mol. The highest BCUT2D eigenvalue weighted by atomic mass is 35.5. The molecule has 3 fully saturated rings. The number of nitrogens with one attached hydrogen (secondary N) is 2. The average molecular weight is 380 g/mol. The number of hydrogen-bond acceptors (Lipinski definition) is 4. The Balaban J connectivity index is 0.00000208. The zero-order valence-electron chi connectivity index (χ0n) is 14.4. The standard InChI is InChI=1S/C16H29N3O3S.ClH/c1-23(21,22)17-10-12-5-4-8-19(11-12)16(20)15-9-13-6-2-3-7-14(13)18-15;/h12-15,17-18H,2-11H2,1H3;1H. The number of amides is 1. The third-order valence-electron chi connectivity index (χ3n) is 5.63. The van der Waals surface area contributed by atoms with Crippen LogP contribution in [0.5, 0.6) is 0 Å². The predicted octanol–water partition coefficient (Wildman–Crippen LogP) is 1.12. The number of carbonyl (C=O) groups is 1. The van der Waals surface area contributed by atoms with E-state index in [4.69, 9.17) is 0 Å². The summed E-state index contributed by atoms with van der Waals surface area (Å²) in [5, 5.41) is 3.56. The van der Waals surface area contributed by atoms with E-state index in [1.807, 2.05) is 4.90 Å². The minimum atomic E-state index is -3.16. The lowest BCUT2D eigenvalue weighted by Crippen LogP contribution is -2.50. The van der Waals surface area contributed by atoms with Gasteiger partial charge in [-0.3, -0.25) is 4.79 Å². The Morgan fingerprint density at radius 1 is 1.21 bits per heavy atom. The highest BCUT2D eigenvalue weighted by Crippen LogP contribution is 2.34. The first-order valence-electron chi connectivity index (χ1n) is 8.92. The third kappa shape index (κ3) is 5.07. The molecule has 0 aromatic rings. The fraction of sp³-hybridized carbons (Fsp3) is 0.938. The topological polar surface area (TPSA) is 78.5 Å². The van der Waals surface area contributed by atoms with Crippen molar-refractivity contribution in [2.24, 2.45) is 11.8 Å². The summed E-state index contributed by atoms with van der Waals surface area (Å²) in [6.45, 7) is 1.92. The number of rotatable bonds is 4. The molecule has 2 N–H and O–H groups in total. The van der Waals surface area contributed by atoms with Gasteiger partial charge in [0.2, 0.25) is 15.9 Å². The molecule has 4 unspecified atom stereocenters. The lowest BCUT2D eigenvalue weighted by Gasteiger charge is -2.34. The van der Waals surface area contributed by atoms with Crippen LogP contribution in [-0.2, 0) is 14.8 Å². The Morgan fingerprint density at radius 2 is 1.96 bits per heavy atom. The highest BCUT2D eigenvalue weighted by molar-refractivity contribution is 7.88. The zero-order valence-corrected chi connectivity index (χ0v) is 16.0. The summed E-state index contributed by atoms with van der Waals surface area (Å²) in [6, 6.07) is 0.509. The molecule has 0 spiro atoms. The largest absolute Gasteiger partial charge is 0.341 e. The molecule has 1 saturated carbocycles. The van der Waals surface area contributed by atoms with Crippen LogP contribution in [0.4, 0.5) is 0 Å². The van der Waals surface area contributed by atoms with Gasteiger partial charge in [0.25, 0.3) is 0 Å². The zero-order chi connectivity index (χ0) is 16.4. The van der Waals surface area contributed by atoms with Crippen LogP contribution < -0.4 is 10.0 Å². The number of halogens is 1. The van der Waals surface area contributed by atoms with Crippen molar-refractivity contribution in [2.75, 3.05) is 25.9 Å². The summed E-state index contributed by atoms with van der Waals surface area (Å²) in [7, 11) is -3.16. The van der Waals surface area contributed by atoms with Gasteiger partial charge >= 0.3 is 0 Å². The van der Waals surface area contributed by atoms with Crippen LogP contribution in [0, 0.1) is 11.8 Å². The van der Waals surface area contributed by atoms with Crippen molar-refractivity contribution in [1.29, 1.82) is 0 Å². The van der Waals surface area contributed by atoms with Crippen molar-refractivity contribution in [1.82, 2.24) is 14.9 Å². The Kier molecular flexibility index (Phi) is 6.93. The summed E-state index contributed by atoms with van der Waals surface area (Å²) in [4.78, 5) is 14.8. The van der Waals surface area contributed by atoms with Gasteiger partial charge in [0.15, 0.2) is 0 Å². The van der Waals surface area contributed by atoms with E-state index in [1.165, 1.54) is 31.9 Å². The first-order valence-corrected chi connectivity index (χ1v) is 10.8. The molecular formula is C16H30ClN3O3S. The number of carbonyl (C=O) groups excluding carboxylic acids is 1. The summed E-state index contributed by atoms with van der Waals surface area (Å²) in [5.41, 5.74) is 0. The minimum Gasteiger partial charge on any atom is -0.341 e. The molecule has 2 heterocycles. The molecule has 8 heteroatoms. The van der Waals surface area contributed by atoms with Crippen LogP contribution in [0.1, 0.15) is 44.9 Å². The lowest BCUT2D eigenvalue weighted by atomic mass is 9.85. The fourth-order valence-corrected chi connectivity index (χ4v) is 4.97. The molecule has 2 aliphatic heterocycles. The second-order valence-electron chi connectivity index (χ2n) is 7.52. The number of piperidine rings is 1. The molecule has 3 aliphatic rings. The van der Waals surface area contributed by atoms with E-state index in [2.05, 4.69) is 10.0 Å². The average Bonchev–Trinajstić information content (AvgIpc) is 2.96. The molecule has 0 aromatic heterocycles. The van der Waals surface area contributed by atoms with Gasteiger partial charge in [-0.1, -0.05) is 12.8 Å². The first-order chi connectivity index (χ1) is 10.9. The number of sulfonamides is 1. The van der Waals surface area contributed by atoms with Crippen molar-refractivity contribution in [3.05, 3.63) is 0 Å². The molecular weight excluding hydrogens is 350 g/mol. The van der Waals surface area contributed by atoms with Crippen LogP contribution in [0.3, 0.4) is 0 Å². The molecule has 0 aromatic carbocycles. The van der Waals surface area contributed by atoms with Gasteiger partial charge in [-0.15, -0.1) is 12.4 Å². The Labute approximate surface area is 151 Å². The minimum absolute atomic E-state index is 0. The van der Waals surface area contributed by atoms with Gasteiger partial charge in [0.1, 0.15) is 0 Å². The summed E-state index contributed by atoms with van der Waals surface area (Å²) < 4.78 is 25.1. The maximum atomic E-state index is 12.8. The second-order valence-corrected chi connectivity index (χ2v) is 9.35. The van der Waals surface area contributed by atoms with Crippen LogP contribution in [0.2, 0.25) is 0 Å². The van der Waals surface area contributed by atoms with E-state index in [-0.39, 0.29) is 30.3 Å². The van der Waals surface area contributed by atoms with E-state index in [0.717, 1.165) is 25.8 Å². The van der Waals surface area contributed by atoms with Crippen LogP contribution in [0.15, 0.2) is 0 Å². The van der Waals surface area contributed by atoms with Gasteiger partial charge in [-0.25, -0.2) is 13.1 Å². The molecule has 0 bridgehead atoms. The smallest absolute Gasteiger partial charge is 0.239 e. The van der Waals surface area contributed by atoms with Crippen molar-refractivity contribution >= 4 is 28.3 Å². The van der Waals surface area contributed by atoms with Crippen LogP contribution in [0.25, 0.3) is 0 Å². The SMILES string of the molecule is CS(=O)(=O)NCC1CCCN(C(=O)C2CC3CCCCC3N2)C1.Cl. The van der Waals surface area contributed by atoms with E-state index in [1.54, 1.807) is 0 Å². The number of hydrogen-bond donors (Lipinski definition) is 2. The molecule has 6 nitrogen and oxygen atoms in total. The number of likely N-dealkylation sites (tertiary alicyclic amines) is 1. The molecule has 140 valence electrons. The summed E-state index contributed by atoms with van der Waals surface area (Å²) in [6.07, 6.45) is 9.13. The van der Waals surface area contributed by atoms with E-state index in [9.17, 15) is 13.2 Å². The molecule has 3 rings (SSSR count). The van der Waals surface area contributed by atoms with E-state index < -0.39 is 10.0 Å². The molecule has 24 heavy (non-hydrogen) atoms. The normalized spacial score (nSPS) is 33.6. The Morgan fingerprint density at radius 3 is 2.67 bits per heavy atom. The molecule has 4 atom stereocenters. The van der Waals surface area contributed by atoms with Crippen molar-refractivity contribution in [3.63, 3.8) is 0 Å². The molecule has 0 radical (unpaired) electrons. The van der Waals surface area contributed by atoms with E-state index in [0.29, 0.717) is 25.0 Å². The van der Waals surface area contributed by atoms with Gasteiger partial charge in [0, 0.05) is 25.7 Å². The number of nitrogens with zero attached hydrogens (tertiary/aromatic N) is 1. The monoisotopic (exact) mass is 379 g/mol. The first kappa shape index (κ1) is 19.9. The highest BCUT2D eigenvalue weighted by Gasteiger charge is 2.40. The Hall–Kier alpha value is -0.370. The van der Waals surface area contributed by atoms with Crippen molar-refractivity contribution < 1.29 is 13.2 Å². The quantitative estimate of drug-likeness (QED) is 0.767. The van der Waals surface area contributed by atoms with Crippen LogP contribution >= 0.6 is 12.4 Å². The van der Waals surface area contributed by atoms with Crippen LogP contribution in [-0.4, -0.2) is 57.2 Å². The van der Waals surface area contributed by atoms with Crippen molar-refractivity contribution in [2.45, 2.75) is 57.0 Å². The fourth-order valence-electron chi connectivity index (χ4n) is 4.43. The third-order valence-corrected chi connectivity index (χ3v) is 6.32. The second kappa shape index (κ2) is 8.34. The van der Waals surface area contributed by atoms with Crippen molar-refractivity contribution in [3.8, 4) is 0 Å². The molecule has 1 aliphatic carbocycles. The maximum absolute atomic E-state index is 12.8. The number of fused-ring (bicyclic) bond motifs is 1. The van der Waals surface area contributed by atoms with E-state index >= 15 is 0 Å². The van der Waals surface area contributed by atoms with Gasteiger partial charge in [0.05, 0.1) is 12.3 Å². The summed E-state index contributed by atoms with van der Waals surface area (Å²) in [5.74, 6) is 1.12. The van der Waals surface area contributed by atoms with Gasteiger partial charge < -0.3 is 10.2 Å². The summed E-state index contributed by atoms with van der Waals surface area (Å²) >= 11 is 0.